The summed E-state index contributed by atoms with van der Waals surface area (Å²) in [5, 5.41) is 1.22. The van der Waals surface area contributed by atoms with E-state index in [1.54, 1.807) is 0 Å². The van der Waals surface area contributed by atoms with Crippen LogP contribution in [0.5, 0.6) is 11.6 Å². The number of H-pyrrole nitrogens is 1. The van der Waals surface area contributed by atoms with Crippen molar-refractivity contribution in [2.45, 2.75) is 46.1 Å². The van der Waals surface area contributed by atoms with Crippen molar-refractivity contribution in [1.29, 1.82) is 0 Å². The Kier molecular flexibility index (Phi) is 9.20. The Labute approximate surface area is 281 Å². The second kappa shape index (κ2) is 14.2. The number of esters is 1. The molecule has 0 saturated carbocycles. The van der Waals surface area contributed by atoms with E-state index in [1.807, 2.05) is 91.0 Å². The lowest BCUT2D eigenvalue weighted by Crippen LogP contribution is -2.25. The fourth-order valence-electron chi connectivity index (χ4n) is 6.35. The van der Waals surface area contributed by atoms with E-state index >= 15 is 0 Å². The molecule has 4 aromatic carbocycles. The number of hydrogen-bond donors (Lipinski definition) is 1. The maximum absolute atomic E-state index is 14.1. The van der Waals surface area contributed by atoms with Crippen LogP contribution in [0.1, 0.15) is 50.8 Å². The van der Waals surface area contributed by atoms with Gasteiger partial charge >= 0.3 is 5.97 Å². The van der Waals surface area contributed by atoms with E-state index in [1.165, 1.54) is 16.6 Å². The molecule has 3 heterocycles. The maximum Gasteiger partial charge on any atom is 0.347 e. The van der Waals surface area contributed by atoms with Crippen LogP contribution in [0.2, 0.25) is 0 Å². The highest BCUT2D eigenvalue weighted by Gasteiger charge is 2.29. The van der Waals surface area contributed by atoms with Crippen molar-refractivity contribution in [2.24, 2.45) is 0 Å². The summed E-state index contributed by atoms with van der Waals surface area (Å²) >= 11 is 0. The third kappa shape index (κ3) is 6.68. The predicted octanol–water partition coefficient (Wildman–Crippen LogP) is 8.30. The number of pyridine rings is 1. The maximum atomic E-state index is 14.1. The van der Waals surface area contributed by atoms with E-state index in [2.05, 4.69) is 42.1 Å². The van der Waals surface area contributed by atoms with Gasteiger partial charge in [-0.05, 0) is 41.8 Å². The van der Waals surface area contributed by atoms with Gasteiger partial charge < -0.3 is 24.1 Å². The second-order valence-corrected chi connectivity index (χ2v) is 12.2. The van der Waals surface area contributed by atoms with Crippen LogP contribution in [-0.2, 0) is 43.9 Å². The Balaban J connectivity index is 1.35. The number of rotatable bonds is 11. The van der Waals surface area contributed by atoms with Crippen LogP contribution in [0.25, 0.3) is 22.2 Å². The molecular formula is C41H39N3O4. The molecule has 7 heteroatoms. The molecule has 0 spiro atoms. The van der Waals surface area contributed by atoms with E-state index in [0.29, 0.717) is 12.2 Å². The van der Waals surface area contributed by atoms with Crippen LogP contribution < -0.4 is 9.47 Å². The lowest BCUT2D eigenvalue weighted by atomic mass is 9.98. The van der Waals surface area contributed by atoms with Crippen LogP contribution in [0.4, 0.5) is 0 Å². The van der Waals surface area contributed by atoms with Gasteiger partial charge in [0, 0.05) is 47.2 Å². The average Bonchev–Trinajstić information content (AvgIpc) is 3.49. The molecule has 0 saturated heterocycles. The Bertz CT molecular complexity index is 2020. The van der Waals surface area contributed by atoms with Crippen molar-refractivity contribution >= 4 is 16.9 Å². The number of carbonyl (C=O) groups excluding carboxylic acids is 1. The van der Waals surface area contributed by atoms with Crippen LogP contribution in [-0.4, -0.2) is 34.4 Å². The summed E-state index contributed by atoms with van der Waals surface area (Å²) in [4.78, 5) is 25.2. The molecule has 0 aliphatic carbocycles. The smallest absolute Gasteiger partial charge is 0.347 e. The molecule has 0 unspecified atom stereocenters. The van der Waals surface area contributed by atoms with Crippen LogP contribution in [0.3, 0.4) is 0 Å². The highest BCUT2D eigenvalue weighted by Crippen LogP contribution is 2.40. The Hall–Kier alpha value is -5.40. The van der Waals surface area contributed by atoms with Gasteiger partial charge in [-0.15, -0.1) is 0 Å². The van der Waals surface area contributed by atoms with Crippen molar-refractivity contribution in [2.75, 3.05) is 13.6 Å². The zero-order chi connectivity index (χ0) is 32.9. The minimum Gasteiger partial charge on any atom is -0.487 e. The third-order valence-electron chi connectivity index (χ3n) is 8.87. The van der Waals surface area contributed by atoms with Gasteiger partial charge in [-0.2, -0.15) is 0 Å². The zero-order valence-corrected chi connectivity index (χ0v) is 27.4. The van der Waals surface area contributed by atoms with Crippen LogP contribution >= 0.6 is 0 Å². The summed E-state index contributed by atoms with van der Waals surface area (Å²) < 4.78 is 18.9. The molecule has 0 radical (unpaired) electrons. The van der Waals surface area contributed by atoms with Gasteiger partial charge in [0.25, 0.3) is 0 Å². The van der Waals surface area contributed by atoms with Crippen molar-refractivity contribution in [3.05, 3.63) is 148 Å². The van der Waals surface area contributed by atoms with Crippen molar-refractivity contribution in [1.82, 2.24) is 14.9 Å². The van der Waals surface area contributed by atoms with E-state index < -0.39 is 5.97 Å². The third-order valence-corrected chi connectivity index (χ3v) is 8.87. The van der Waals surface area contributed by atoms with Crippen LogP contribution in [0.15, 0.2) is 109 Å². The van der Waals surface area contributed by atoms with Crippen molar-refractivity contribution in [3.63, 3.8) is 0 Å². The van der Waals surface area contributed by atoms with Gasteiger partial charge in [-0.3, -0.25) is 0 Å². The summed E-state index contributed by atoms with van der Waals surface area (Å²) in [5.74, 6) is 0.0648. The minimum atomic E-state index is -0.546. The lowest BCUT2D eigenvalue weighted by molar-refractivity contribution is 0.0460. The number of ether oxygens (including phenoxy) is 3. The van der Waals surface area contributed by atoms with Gasteiger partial charge in [0.15, 0.2) is 5.56 Å². The molecule has 7 nitrogen and oxygen atoms in total. The number of likely N-dealkylation sites (N-methyl/N-ethyl adjacent to an activating group) is 1. The molecule has 0 bridgehead atoms. The summed E-state index contributed by atoms with van der Waals surface area (Å²) in [7, 11) is 2.16. The molecule has 1 N–H and O–H groups in total. The molecule has 0 fully saturated rings. The van der Waals surface area contributed by atoms with E-state index in [0.717, 1.165) is 58.5 Å². The fraction of sp³-hybridized carbons (Fsp3) is 0.220. The summed E-state index contributed by atoms with van der Waals surface area (Å²) in [5.41, 5.74) is 9.19. The summed E-state index contributed by atoms with van der Waals surface area (Å²) in [6.45, 7) is 4.61. The molecule has 48 heavy (non-hydrogen) atoms. The van der Waals surface area contributed by atoms with Crippen LogP contribution in [0, 0.1) is 0 Å². The summed E-state index contributed by atoms with van der Waals surface area (Å²) in [6.07, 6.45) is 1.57. The van der Waals surface area contributed by atoms with E-state index in [-0.39, 0.29) is 31.3 Å². The number of carbonyl (C=O) groups is 1. The number of aromatic nitrogens is 2. The molecule has 6 aromatic rings. The van der Waals surface area contributed by atoms with Gasteiger partial charge in [0.2, 0.25) is 5.88 Å². The Morgan fingerprint density at radius 1 is 0.812 bits per heavy atom. The highest BCUT2D eigenvalue weighted by molar-refractivity contribution is 5.97. The number of aromatic amines is 1. The van der Waals surface area contributed by atoms with Gasteiger partial charge in [-0.1, -0.05) is 110 Å². The summed E-state index contributed by atoms with van der Waals surface area (Å²) in [6, 6.07) is 35.9. The van der Waals surface area contributed by atoms with E-state index in [4.69, 9.17) is 19.2 Å². The molecule has 1 aliphatic rings. The first-order valence-electron chi connectivity index (χ1n) is 16.5. The molecular weight excluding hydrogens is 598 g/mol. The van der Waals surface area contributed by atoms with Gasteiger partial charge in [0.05, 0.1) is 5.69 Å². The standard InChI is InChI=1S/C41H39N3O4/c1-3-32-38(31-19-20-33-34-24-44(2)22-21-35(34)42-36(33)23-31)43-40(47-26-29-15-9-5-10-16-29)37(39(32)46-25-28-13-7-4-8-14-28)41(45)48-27-30-17-11-6-12-18-30/h4-20,23,42H,3,21-22,24-27H2,1-2H3. The molecule has 1 aliphatic heterocycles. The molecule has 0 amide bonds. The highest BCUT2D eigenvalue weighted by atomic mass is 16.5. The Morgan fingerprint density at radius 2 is 1.44 bits per heavy atom. The van der Waals surface area contributed by atoms with Gasteiger partial charge in [0.1, 0.15) is 25.6 Å². The number of benzene rings is 4. The molecule has 0 atom stereocenters. The first kappa shape index (κ1) is 31.2. The number of nitrogens with one attached hydrogen (secondary N) is 1. The number of nitrogens with zero attached hydrogens (tertiary/aromatic N) is 2. The Morgan fingerprint density at radius 3 is 2.08 bits per heavy atom. The van der Waals surface area contributed by atoms with Crippen molar-refractivity contribution < 1.29 is 19.0 Å². The van der Waals surface area contributed by atoms with Crippen molar-refractivity contribution in [3.8, 4) is 22.9 Å². The average molecular weight is 638 g/mol. The number of fused-ring (bicyclic) bond motifs is 3. The first-order chi connectivity index (χ1) is 23.6. The largest absolute Gasteiger partial charge is 0.487 e. The molecule has 7 rings (SSSR count). The lowest BCUT2D eigenvalue weighted by Gasteiger charge is -2.22. The first-order valence-corrected chi connectivity index (χ1v) is 16.5. The monoisotopic (exact) mass is 637 g/mol. The topological polar surface area (TPSA) is 76.7 Å². The minimum absolute atomic E-state index is 0.114. The molecule has 2 aromatic heterocycles. The van der Waals surface area contributed by atoms with Gasteiger partial charge in [-0.25, -0.2) is 9.78 Å². The normalized spacial score (nSPS) is 12.9. The second-order valence-electron chi connectivity index (χ2n) is 12.2. The predicted molar refractivity (Wildman–Crippen MR) is 188 cm³/mol. The fourth-order valence-corrected chi connectivity index (χ4v) is 6.35. The zero-order valence-electron chi connectivity index (χ0n) is 27.4. The molecule has 242 valence electrons. The quantitative estimate of drug-likeness (QED) is 0.144. The number of hydrogen-bond acceptors (Lipinski definition) is 6. The van der Waals surface area contributed by atoms with E-state index in [9.17, 15) is 4.79 Å². The SMILES string of the molecule is CCc1c(-c2ccc3c4c([nH]c3c2)CCN(C)C4)nc(OCc2ccccc2)c(C(=O)OCc2ccccc2)c1OCc1ccccc1.